The van der Waals surface area contributed by atoms with Crippen LogP contribution in [0.3, 0.4) is 0 Å². The number of aromatic hydroxyl groups is 1. The summed E-state index contributed by atoms with van der Waals surface area (Å²) in [5.74, 6) is 1.08. The minimum atomic E-state index is 0. The largest absolute Gasteiger partial charge is 0.508 e. The molecule has 0 saturated carbocycles. The molecule has 0 heterocycles. The second-order valence-electron chi connectivity index (χ2n) is 2.15. The topological polar surface area (TPSA) is 29.5 Å². The van der Waals surface area contributed by atoms with Crippen LogP contribution in [0.2, 0.25) is 0 Å². The Balaban J connectivity index is 0.000001000. The fraction of sp³-hybridized carbons (Fsp3) is 0.250. The molecule has 1 rings (SSSR count). The van der Waals surface area contributed by atoms with Gasteiger partial charge in [-0.2, -0.15) is 0 Å². The number of methoxy groups -OCH3 is 1. The van der Waals surface area contributed by atoms with Gasteiger partial charge in [-0.05, 0) is 30.7 Å². The molecule has 0 aliphatic heterocycles. The van der Waals surface area contributed by atoms with Crippen LogP contribution in [0.15, 0.2) is 18.2 Å². The Bertz CT molecular complexity index is 236. The summed E-state index contributed by atoms with van der Waals surface area (Å²) in [5.41, 5.74) is 0.947. The molecule has 1 radical (unpaired) electrons. The average Bonchev–Trinajstić information content (AvgIpc) is 1.88. The van der Waals surface area contributed by atoms with Gasteiger partial charge < -0.3 is 9.84 Å². The summed E-state index contributed by atoms with van der Waals surface area (Å²) >= 11 is 0. The van der Waals surface area contributed by atoms with E-state index in [1.165, 1.54) is 0 Å². The predicted octanol–water partition coefficient (Wildman–Crippen LogP) is 1.71. The summed E-state index contributed by atoms with van der Waals surface area (Å²) in [5, 5.41) is 8.98. The van der Waals surface area contributed by atoms with Crippen LogP contribution >= 0.6 is 0 Å². The molecular formula is C8H10O2Y. The van der Waals surface area contributed by atoms with Gasteiger partial charge in [-0.15, -0.1) is 0 Å². The zero-order valence-corrected chi connectivity index (χ0v) is 9.50. The number of hydrogen-bond donors (Lipinski definition) is 1. The first-order valence-electron chi connectivity index (χ1n) is 3.07. The fourth-order valence-corrected chi connectivity index (χ4v) is 0.863. The number of ether oxygens (including phenoxy) is 1. The molecule has 0 unspecified atom stereocenters. The number of aryl methyl sites for hydroxylation is 1. The molecule has 0 fully saturated rings. The Labute approximate surface area is 91.5 Å². The molecule has 0 bridgehead atoms. The van der Waals surface area contributed by atoms with Gasteiger partial charge in [-0.3, -0.25) is 0 Å². The van der Waals surface area contributed by atoms with Gasteiger partial charge in [0, 0.05) is 32.7 Å². The van der Waals surface area contributed by atoms with Gasteiger partial charge >= 0.3 is 0 Å². The predicted molar refractivity (Wildman–Crippen MR) is 39.4 cm³/mol. The van der Waals surface area contributed by atoms with Crippen molar-refractivity contribution in [3.63, 3.8) is 0 Å². The van der Waals surface area contributed by atoms with Crippen LogP contribution in [-0.4, -0.2) is 12.2 Å². The van der Waals surface area contributed by atoms with Crippen LogP contribution in [-0.2, 0) is 32.7 Å². The van der Waals surface area contributed by atoms with Crippen molar-refractivity contribution >= 4 is 0 Å². The minimum Gasteiger partial charge on any atom is -0.508 e. The molecule has 57 valence electrons. The normalized spacial score (nSPS) is 8.55. The van der Waals surface area contributed by atoms with E-state index >= 15 is 0 Å². The third-order valence-electron chi connectivity index (χ3n) is 1.38. The molecule has 0 saturated heterocycles. The van der Waals surface area contributed by atoms with Gasteiger partial charge in [-0.25, -0.2) is 0 Å². The van der Waals surface area contributed by atoms with Crippen molar-refractivity contribution in [1.29, 1.82) is 0 Å². The van der Waals surface area contributed by atoms with Crippen molar-refractivity contribution in [2.24, 2.45) is 0 Å². The van der Waals surface area contributed by atoms with E-state index in [0.29, 0.717) is 0 Å². The first kappa shape index (κ1) is 10.9. The number of rotatable bonds is 1. The van der Waals surface area contributed by atoms with Crippen LogP contribution < -0.4 is 4.74 Å². The second kappa shape index (κ2) is 4.73. The molecule has 2 nitrogen and oxygen atoms in total. The molecule has 0 aromatic heterocycles. The van der Waals surface area contributed by atoms with Gasteiger partial charge in [0.2, 0.25) is 0 Å². The third-order valence-corrected chi connectivity index (χ3v) is 1.38. The number of hydrogen-bond acceptors (Lipinski definition) is 2. The summed E-state index contributed by atoms with van der Waals surface area (Å²) < 4.78 is 4.99. The van der Waals surface area contributed by atoms with Crippen molar-refractivity contribution in [3.05, 3.63) is 23.8 Å². The standard InChI is InChI=1S/C8H10O2.Y/c1-6-5-7(9)3-4-8(6)10-2;/h3-5,9H,1-2H3;. The second-order valence-corrected chi connectivity index (χ2v) is 2.15. The summed E-state index contributed by atoms with van der Waals surface area (Å²) in [7, 11) is 1.61. The van der Waals surface area contributed by atoms with E-state index < -0.39 is 0 Å². The molecule has 0 amide bonds. The van der Waals surface area contributed by atoms with E-state index in [0.717, 1.165) is 11.3 Å². The van der Waals surface area contributed by atoms with E-state index in [4.69, 9.17) is 9.84 Å². The molecular weight excluding hydrogens is 217 g/mol. The van der Waals surface area contributed by atoms with Gasteiger partial charge in [0.05, 0.1) is 7.11 Å². The summed E-state index contributed by atoms with van der Waals surface area (Å²) in [4.78, 5) is 0. The summed E-state index contributed by atoms with van der Waals surface area (Å²) in [6.45, 7) is 1.89. The molecule has 1 aromatic carbocycles. The average molecular weight is 227 g/mol. The molecule has 1 N–H and O–H groups in total. The van der Waals surface area contributed by atoms with Crippen LogP contribution in [0.5, 0.6) is 11.5 Å². The maximum Gasteiger partial charge on any atom is 0.122 e. The van der Waals surface area contributed by atoms with Crippen molar-refractivity contribution in [2.45, 2.75) is 6.92 Å². The maximum absolute atomic E-state index is 8.98. The number of phenols is 1. The van der Waals surface area contributed by atoms with Gasteiger partial charge in [0.25, 0.3) is 0 Å². The number of phenolic OH excluding ortho intramolecular Hbond substituents is 1. The first-order chi connectivity index (χ1) is 4.74. The zero-order chi connectivity index (χ0) is 7.56. The minimum absolute atomic E-state index is 0. The van der Waals surface area contributed by atoms with E-state index in [9.17, 15) is 0 Å². The Morgan fingerprint density at radius 3 is 2.45 bits per heavy atom. The Hall–Kier alpha value is -0.0761. The van der Waals surface area contributed by atoms with Gasteiger partial charge in [-0.1, -0.05) is 0 Å². The molecule has 3 heteroatoms. The molecule has 0 aliphatic carbocycles. The molecule has 0 aliphatic rings. The molecule has 1 aromatic rings. The van der Waals surface area contributed by atoms with Crippen molar-refractivity contribution in [1.82, 2.24) is 0 Å². The molecule has 0 atom stereocenters. The monoisotopic (exact) mass is 227 g/mol. The van der Waals surface area contributed by atoms with E-state index in [1.807, 2.05) is 6.92 Å². The van der Waals surface area contributed by atoms with Crippen LogP contribution in [0.1, 0.15) is 5.56 Å². The van der Waals surface area contributed by atoms with E-state index in [-0.39, 0.29) is 38.5 Å². The van der Waals surface area contributed by atoms with Crippen LogP contribution in [0.4, 0.5) is 0 Å². The number of benzene rings is 1. The summed E-state index contributed by atoms with van der Waals surface area (Å²) in [6.07, 6.45) is 0. The van der Waals surface area contributed by atoms with Gasteiger partial charge in [0.15, 0.2) is 0 Å². The third kappa shape index (κ3) is 2.80. The van der Waals surface area contributed by atoms with E-state index in [2.05, 4.69) is 0 Å². The molecule has 11 heavy (non-hydrogen) atoms. The van der Waals surface area contributed by atoms with Crippen molar-refractivity contribution in [3.8, 4) is 11.5 Å². The van der Waals surface area contributed by atoms with E-state index in [1.54, 1.807) is 25.3 Å². The quantitative estimate of drug-likeness (QED) is 0.791. The van der Waals surface area contributed by atoms with Crippen LogP contribution in [0, 0.1) is 6.92 Å². The maximum atomic E-state index is 8.98. The first-order valence-corrected chi connectivity index (χ1v) is 3.07. The molecule has 0 spiro atoms. The van der Waals surface area contributed by atoms with Crippen molar-refractivity contribution in [2.75, 3.05) is 7.11 Å². The van der Waals surface area contributed by atoms with Crippen molar-refractivity contribution < 1.29 is 42.6 Å². The zero-order valence-electron chi connectivity index (χ0n) is 6.66. The van der Waals surface area contributed by atoms with Gasteiger partial charge in [0.1, 0.15) is 11.5 Å². The SMILES string of the molecule is COc1ccc(O)cc1C.[Y]. The van der Waals surface area contributed by atoms with Crippen LogP contribution in [0.25, 0.3) is 0 Å². The summed E-state index contributed by atoms with van der Waals surface area (Å²) in [6, 6.07) is 5.01. The smallest absolute Gasteiger partial charge is 0.122 e. The fourth-order valence-electron chi connectivity index (χ4n) is 0.863. The Morgan fingerprint density at radius 2 is 2.00 bits per heavy atom. The Morgan fingerprint density at radius 1 is 1.36 bits per heavy atom. The Kier molecular flexibility index (Phi) is 4.70.